The number of hydrogen-bond donors (Lipinski definition) is 1. The Bertz CT molecular complexity index is 301. The van der Waals surface area contributed by atoms with Crippen LogP contribution in [0.3, 0.4) is 0 Å². The lowest BCUT2D eigenvalue weighted by Gasteiger charge is -2.53. The van der Waals surface area contributed by atoms with E-state index in [4.69, 9.17) is 4.74 Å². The highest BCUT2D eigenvalue weighted by atomic mass is 16.5. The topological polar surface area (TPSA) is 24.5 Å². The fourth-order valence-electron chi connectivity index (χ4n) is 3.74. The summed E-state index contributed by atoms with van der Waals surface area (Å²) in [5.74, 6) is 0.742. The van der Waals surface area contributed by atoms with Gasteiger partial charge in [0.1, 0.15) is 0 Å². The number of nitrogens with zero attached hydrogens (tertiary/aromatic N) is 1. The largest absolute Gasteiger partial charge is 0.381 e. The van der Waals surface area contributed by atoms with Crippen LogP contribution in [0.15, 0.2) is 0 Å². The molecule has 0 aromatic rings. The fraction of sp³-hybridized carbons (Fsp3) is 1.00. The average molecular weight is 282 g/mol. The number of ether oxygens (including phenoxy) is 1. The number of rotatable bonds is 4. The van der Waals surface area contributed by atoms with Crippen LogP contribution in [0.5, 0.6) is 0 Å². The highest BCUT2D eigenvalue weighted by Gasteiger charge is 2.42. The molecule has 0 amide bonds. The van der Waals surface area contributed by atoms with Crippen LogP contribution in [0.1, 0.15) is 53.9 Å². The summed E-state index contributed by atoms with van der Waals surface area (Å²) in [6, 6.07) is 0.594. The zero-order valence-corrected chi connectivity index (χ0v) is 14.2. The van der Waals surface area contributed by atoms with Gasteiger partial charge < -0.3 is 10.1 Å². The van der Waals surface area contributed by atoms with Gasteiger partial charge in [0.05, 0.1) is 6.61 Å². The first-order chi connectivity index (χ1) is 9.41. The maximum Gasteiger partial charge on any atom is 0.0507 e. The van der Waals surface area contributed by atoms with Crippen LogP contribution in [0.25, 0.3) is 0 Å². The molecule has 0 aliphatic carbocycles. The summed E-state index contributed by atoms with van der Waals surface area (Å²) >= 11 is 0. The first-order valence-corrected chi connectivity index (χ1v) is 8.47. The van der Waals surface area contributed by atoms with Crippen LogP contribution in [-0.2, 0) is 4.74 Å². The fourth-order valence-corrected chi connectivity index (χ4v) is 3.74. The molecule has 1 N–H and O–H groups in total. The van der Waals surface area contributed by atoms with E-state index in [1.54, 1.807) is 0 Å². The van der Waals surface area contributed by atoms with Crippen LogP contribution in [0.2, 0.25) is 0 Å². The molecule has 0 saturated carbocycles. The van der Waals surface area contributed by atoms with E-state index in [0.29, 0.717) is 17.0 Å². The summed E-state index contributed by atoms with van der Waals surface area (Å²) in [6.07, 6.45) is 3.72. The number of piperazine rings is 1. The Morgan fingerprint density at radius 3 is 2.45 bits per heavy atom. The van der Waals surface area contributed by atoms with E-state index in [0.717, 1.165) is 25.7 Å². The maximum atomic E-state index is 5.59. The number of hydrogen-bond acceptors (Lipinski definition) is 3. The molecular weight excluding hydrogens is 248 g/mol. The molecule has 0 aromatic carbocycles. The van der Waals surface area contributed by atoms with E-state index in [2.05, 4.69) is 44.8 Å². The molecule has 2 saturated heterocycles. The lowest BCUT2D eigenvalue weighted by atomic mass is 9.79. The van der Waals surface area contributed by atoms with E-state index >= 15 is 0 Å². The van der Waals surface area contributed by atoms with Crippen molar-refractivity contribution in [1.29, 1.82) is 0 Å². The summed E-state index contributed by atoms with van der Waals surface area (Å²) in [5, 5.41) is 3.83. The summed E-state index contributed by atoms with van der Waals surface area (Å²) < 4.78 is 5.59. The summed E-state index contributed by atoms with van der Waals surface area (Å²) in [4.78, 5) is 2.79. The van der Waals surface area contributed by atoms with Crippen molar-refractivity contribution in [1.82, 2.24) is 10.2 Å². The first-order valence-electron chi connectivity index (χ1n) is 8.47. The highest BCUT2D eigenvalue weighted by Crippen LogP contribution is 2.33. The molecule has 2 unspecified atom stereocenters. The van der Waals surface area contributed by atoms with Gasteiger partial charge in [-0.15, -0.1) is 0 Å². The second kappa shape index (κ2) is 6.33. The third-order valence-electron chi connectivity index (χ3n) is 5.62. The van der Waals surface area contributed by atoms with E-state index in [-0.39, 0.29) is 0 Å². The van der Waals surface area contributed by atoms with Crippen molar-refractivity contribution in [2.75, 3.05) is 32.8 Å². The zero-order chi connectivity index (χ0) is 14.8. The lowest BCUT2D eigenvalue weighted by molar-refractivity contribution is -0.00381. The van der Waals surface area contributed by atoms with Gasteiger partial charge in [-0.2, -0.15) is 0 Å². The van der Waals surface area contributed by atoms with Crippen LogP contribution in [0.4, 0.5) is 0 Å². The first kappa shape index (κ1) is 16.3. The Labute approximate surface area is 125 Å². The third kappa shape index (κ3) is 3.37. The quantitative estimate of drug-likeness (QED) is 0.858. The molecule has 2 atom stereocenters. The molecule has 2 rings (SSSR count). The van der Waals surface area contributed by atoms with Crippen molar-refractivity contribution in [2.45, 2.75) is 65.5 Å². The molecule has 0 radical (unpaired) electrons. The van der Waals surface area contributed by atoms with Gasteiger partial charge in [0.25, 0.3) is 0 Å². The second-order valence-electron chi connectivity index (χ2n) is 7.87. The van der Waals surface area contributed by atoms with Gasteiger partial charge in [0, 0.05) is 37.8 Å². The van der Waals surface area contributed by atoms with Crippen LogP contribution < -0.4 is 5.32 Å². The van der Waals surface area contributed by atoms with Gasteiger partial charge in [-0.1, -0.05) is 34.6 Å². The Kier molecular flexibility index (Phi) is 5.14. The Morgan fingerprint density at radius 1 is 1.25 bits per heavy atom. The monoisotopic (exact) mass is 282 g/mol. The SMILES string of the molecule is CCC1(CC)CNC(C(C)(C)C)CN1CC1CCOC1. The zero-order valence-electron chi connectivity index (χ0n) is 14.2. The molecule has 3 nitrogen and oxygen atoms in total. The molecule has 118 valence electrons. The van der Waals surface area contributed by atoms with E-state index in [1.807, 2.05) is 0 Å². The van der Waals surface area contributed by atoms with E-state index < -0.39 is 0 Å². The average Bonchev–Trinajstić information content (AvgIpc) is 2.91. The van der Waals surface area contributed by atoms with Gasteiger partial charge >= 0.3 is 0 Å². The highest BCUT2D eigenvalue weighted by molar-refractivity contribution is 5.00. The lowest BCUT2D eigenvalue weighted by Crippen LogP contribution is -2.67. The minimum Gasteiger partial charge on any atom is -0.381 e. The maximum absolute atomic E-state index is 5.59. The summed E-state index contributed by atoms with van der Waals surface area (Å²) in [5.41, 5.74) is 0.683. The Hall–Kier alpha value is -0.120. The Morgan fingerprint density at radius 2 is 1.95 bits per heavy atom. The molecular formula is C17H34N2O. The van der Waals surface area contributed by atoms with Crippen LogP contribution in [0, 0.1) is 11.3 Å². The van der Waals surface area contributed by atoms with Crippen molar-refractivity contribution >= 4 is 0 Å². The predicted octanol–water partition coefficient (Wildman–Crippen LogP) is 2.90. The number of nitrogens with one attached hydrogen (secondary N) is 1. The van der Waals surface area contributed by atoms with E-state index in [1.165, 1.54) is 32.4 Å². The predicted molar refractivity (Wildman–Crippen MR) is 85.1 cm³/mol. The third-order valence-corrected chi connectivity index (χ3v) is 5.62. The minimum atomic E-state index is 0.331. The minimum absolute atomic E-state index is 0.331. The molecule has 0 spiro atoms. The van der Waals surface area contributed by atoms with Crippen molar-refractivity contribution in [2.24, 2.45) is 11.3 Å². The summed E-state index contributed by atoms with van der Waals surface area (Å²) in [6.45, 7) is 17.2. The van der Waals surface area contributed by atoms with Gasteiger partial charge in [0.2, 0.25) is 0 Å². The molecule has 0 aromatic heterocycles. The molecule has 3 heteroatoms. The molecule has 20 heavy (non-hydrogen) atoms. The molecule has 2 aliphatic heterocycles. The van der Waals surface area contributed by atoms with E-state index in [9.17, 15) is 0 Å². The smallest absolute Gasteiger partial charge is 0.0507 e. The molecule has 2 fully saturated rings. The van der Waals surface area contributed by atoms with Crippen molar-refractivity contribution < 1.29 is 4.74 Å². The van der Waals surface area contributed by atoms with Crippen LogP contribution in [-0.4, -0.2) is 49.3 Å². The normalized spacial score (nSPS) is 31.6. The van der Waals surface area contributed by atoms with Gasteiger partial charge in [-0.25, -0.2) is 0 Å². The summed E-state index contributed by atoms with van der Waals surface area (Å²) in [7, 11) is 0. The van der Waals surface area contributed by atoms with Crippen molar-refractivity contribution in [3.05, 3.63) is 0 Å². The Balaban J connectivity index is 2.09. The molecule has 2 heterocycles. The second-order valence-corrected chi connectivity index (χ2v) is 7.87. The standard InChI is InChI=1S/C17H34N2O/c1-6-17(7-2)13-18-15(16(3,4)5)11-19(17)10-14-8-9-20-12-14/h14-15,18H,6-13H2,1-5H3. The van der Waals surface area contributed by atoms with Crippen molar-refractivity contribution in [3.8, 4) is 0 Å². The van der Waals surface area contributed by atoms with Crippen LogP contribution >= 0.6 is 0 Å². The van der Waals surface area contributed by atoms with Gasteiger partial charge in [-0.3, -0.25) is 4.90 Å². The molecule has 2 aliphatic rings. The molecule has 0 bridgehead atoms. The van der Waals surface area contributed by atoms with Gasteiger partial charge in [-0.05, 0) is 30.6 Å². The van der Waals surface area contributed by atoms with Gasteiger partial charge in [0.15, 0.2) is 0 Å². The van der Waals surface area contributed by atoms with Crippen molar-refractivity contribution in [3.63, 3.8) is 0 Å².